The summed E-state index contributed by atoms with van der Waals surface area (Å²) in [6.45, 7) is 14.5. The second kappa shape index (κ2) is 34.7. The molecule has 2 unspecified atom stereocenters. The number of carboxylic acid groups (broad SMARTS) is 3. The molecule has 2 atom stereocenters. The van der Waals surface area contributed by atoms with E-state index in [2.05, 4.69) is 41.5 Å². The first-order chi connectivity index (χ1) is 27.7. The van der Waals surface area contributed by atoms with Gasteiger partial charge in [-0.1, -0.05) is 228 Å². The minimum atomic E-state index is -2.72. The second-order valence-corrected chi connectivity index (χ2v) is 19.3. The van der Waals surface area contributed by atoms with E-state index >= 15 is 0 Å². The highest BCUT2D eigenvalue weighted by Crippen LogP contribution is 2.50. The number of carbonyl (C=O) groups is 4. The van der Waals surface area contributed by atoms with Gasteiger partial charge in [0.2, 0.25) is 5.60 Å². The fourth-order valence-corrected chi connectivity index (χ4v) is 8.95. The van der Waals surface area contributed by atoms with Crippen LogP contribution in [0.25, 0.3) is 0 Å². The van der Waals surface area contributed by atoms with Gasteiger partial charge < -0.3 is 20.1 Å². The molecule has 0 aliphatic carbocycles. The van der Waals surface area contributed by atoms with Crippen LogP contribution in [0.1, 0.15) is 254 Å². The van der Waals surface area contributed by atoms with Crippen molar-refractivity contribution in [3.05, 3.63) is 0 Å². The van der Waals surface area contributed by atoms with Crippen molar-refractivity contribution in [3.63, 3.8) is 0 Å². The molecule has 0 saturated carbocycles. The Hall–Kier alpha value is -1.96. The molecule has 0 fully saturated rings. The van der Waals surface area contributed by atoms with Crippen LogP contribution >= 0.6 is 0 Å². The second-order valence-electron chi connectivity index (χ2n) is 19.3. The Bertz CT molecular complexity index is 1010. The van der Waals surface area contributed by atoms with Gasteiger partial charge in [0.1, 0.15) is 11.2 Å². The topological polar surface area (TPSA) is 138 Å². The van der Waals surface area contributed by atoms with Gasteiger partial charge >= 0.3 is 17.9 Å². The highest BCUT2D eigenvalue weighted by Gasteiger charge is 2.69. The summed E-state index contributed by atoms with van der Waals surface area (Å²) >= 11 is 0. The van der Waals surface area contributed by atoms with Gasteiger partial charge in [-0.15, -0.1) is 0 Å². The number of ketones is 1. The van der Waals surface area contributed by atoms with Crippen molar-refractivity contribution in [2.24, 2.45) is 29.1 Å². The van der Waals surface area contributed by atoms with Crippen LogP contribution in [0.5, 0.6) is 0 Å². The third kappa shape index (κ3) is 24.3. The largest absolute Gasteiger partial charge is 0.481 e. The molecule has 0 spiro atoms. The first-order valence-corrected chi connectivity index (χ1v) is 24.5. The lowest BCUT2D eigenvalue weighted by Gasteiger charge is -2.47. The van der Waals surface area contributed by atoms with Gasteiger partial charge in [0.15, 0.2) is 5.92 Å². The average molecular weight is 823 g/mol. The van der Waals surface area contributed by atoms with Crippen molar-refractivity contribution >= 4 is 23.7 Å². The van der Waals surface area contributed by atoms with Crippen molar-refractivity contribution in [2.45, 2.75) is 260 Å². The minimum absolute atomic E-state index is 0.0472. The van der Waals surface area contributed by atoms with Gasteiger partial charge in [-0.3, -0.25) is 14.4 Å². The molecule has 8 heteroatoms. The predicted octanol–water partition coefficient (Wildman–Crippen LogP) is 14.6. The molecule has 3 N–H and O–H groups in total. The molecule has 0 aromatic carbocycles. The van der Waals surface area contributed by atoms with Crippen LogP contribution in [0.15, 0.2) is 0 Å². The number of Topliss-reactive ketones (excluding diaryl/α,β-unsaturated/α-hetero) is 1. The van der Waals surface area contributed by atoms with Gasteiger partial charge in [0, 0.05) is 6.61 Å². The summed E-state index contributed by atoms with van der Waals surface area (Å²) in [5, 5.41) is 32.6. The fourth-order valence-electron chi connectivity index (χ4n) is 8.95. The van der Waals surface area contributed by atoms with E-state index in [-0.39, 0.29) is 19.4 Å². The zero-order chi connectivity index (χ0) is 43.7. The molecule has 0 aliphatic rings. The number of hydrogen-bond donors (Lipinski definition) is 3. The van der Waals surface area contributed by atoms with E-state index in [1.54, 1.807) is 0 Å². The van der Waals surface area contributed by atoms with E-state index in [0.717, 1.165) is 88.9 Å². The van der Waals surface area contributed by atoms with Crippen molar-refractivity contribution < 1.29 is 39.2 Å². The lowest BCUT2D eigenvalue weighted by atomic mass is 9.59. The number of ether oxygens (including phenoxy) is 1. The number of unbranched alkanes of at least 4 members (excludes halogenated alkanes) is 24. The molecule has 8 nitrogen and oxygen atoms in total. The maximum atomic E-state index is 13.7. The highest BCUT2D eigenvalue weighted by molar-refractivity contribution is 6.06. The van der Waals surface area contributed by atoms with Crippen LogP contribution in [0.2, 0.25) is 0 Å². The lowest BCUT2D eigenvalue weighted by Crippen LogP contribution is -2.67. The number of hydrogen-bond acceptors (Lipinski definition) is 5. The molecular formula is C50H94O8. The summed E-state index contributed by atoms with van der Waals surface area (Å²) in [6.07, 6.45) is 31.1. The number of carboxylic acids is 3. The molecule has 342 valence electrons. The summed E-state index contributed by atoms with van der Waals surface area (Å²) in [7, 11) is 0. The first-order valence-electron chi connectivity index (χ1n) is 24.5. The molecule has 0 aliphatic heterocycles. The average Bonchev–Trinajstić information content (AvgIpc) is 3.14. The normalized spacial score (nSPS) is 13.7. The van der Waals surface area contributed by atoms with E-state index < -0.39 is 40.6 Å². The fraction of sp³-hybridized carbons (Fsp3) is 0.920. The maximum Gasteiger partial charge on any atom is 0.338 e. The molecule has 0 bridgehead atoms. The molecule has 58 heavy (non-hydrogen) atoms. The molecule has 0 aromatic rings. The molecule has 0 radical (unpaired) electrons. The van der Waals surface area contributed by atoms with Gasteiger partial charge in [0.25, 0.3) is 0 Å². The quantitative estimate of drug-likeness (QED) is 0.0408. The Kier molecular flexibility index (Phi) is 33.5. The van der Waals surface area contributed by atoms with E-state index in [4.69, 9.17) is 4.74 Å². The van der Waals surface area contributed by atoms with Crippen LogP contribution in [0.3, 0.4) is 0 Å². The molecule has 0 amide bonds. The third-order valence-electron chi connectivity index (χ3n) is 12.5. The zero-order valence-electron chi connectivity index (χ0n) is 39.0. The standard InChI is InChI=1S/C50H94O8/c1-41(2)35-29-23-17-11-8-14-20-26-32-38-49(47(54)55,39-33-27-21-15-9-12-18-24-30-36-42(3)4)50(48(56)57,45(44(7)51)46(52)53)58-40-34-28-22-16-10-13-19-25-31-37-43(5)6/h41-43,45H,8-40H2,1-7H3,(H,52,53)(H,54,55)(H,56,57). The number of rotatable bonds is 43. The van der Waals surface area contributed by atoms with Crippen molar-refractivity contribution in [1.29, 1.82) is 0 Å². The summed E-state index contributed by atoms with van der Waals surface area (Å²) < 4.78 is 6.23. The Morgan fingerprint density at radius 2 is 0.690 bits per heavy atom. The molecule has 0 rings (SSSR count). The Morgan fingerprint density at radius 3 is 0.931 bits per heavy atom. The molecular weight excluding hydrogens is 729 g/mol. The third-order valence-corrected chi connectivity index (χ3v) is 12.5. The molecule has 0 heterocycles. The minimum Gasteiger partial charge on any atom is -0.481 e. The molecule has 0 aromatic heterocycles. The Balaban J connectivity index is 5.85. The van der Waals surface area contributed by atoms with Crippen LogP contribution < -0.4 is 0 Å². The van der Waals surface area contributed by atoms with Crippen molar-refractivity contribution in [2.75, 3.05) is 6.61 Å². The van der Waals surface area contributed by atoms with Crippen molar-refractivity contribution in [3.8, 4) is 0 Å². The summed E-state index contributed by atoms with van der Waals surface area (Å²) in [4.78, 5) is 53.3. The lowest BCUT2D eigenvalue weighted by molar-refractivity contribution is -0.219. The van der Waals surface area contributed by atoms with E-state index in [1.165, 1.54) is 96.3 Å². The summed E-state index contributed by atoms with van der Waals surface area (Å²) in [5.74, 6) is -5.50. The van der Waals surface area contributed by atoms with Crippen LogP contribution in [-0.4, -0.2) is 51.2 Å². The Labute approximate surface area is 357 Å². The van der Waals surface area contributed by atoms with Gasteiger partial charge in [0.05, 0.1) is 0 Å². The van der Waals surface area contributed by atoms with E-state index in [1.807, 2.05) is 0 Å². The first kappa shape index (κ1) is 56.0. The smallest absolute Gasteiger partial charge is 0.338 e. The maximum absolute atomic E-state index is 13.7. The number of carbonyl (C=O) groups excluding carboxylic acids is 1. The predicted molar refractivity (Wildman–Crippen MR) is 240 cm³/mol. The SMILES string of the molecule is CC(=O)C(C(=O)O)C(OCCCCCCCCCCCC(C)C)(C(=O)O)C(CCCCCCCCCCCC(C)C)(CCCCCCCCCCCC(C)C)C(=O)O. The highest BCUT2D eigenvalue weighted by atomic mass is 16.5. The number of aliphatic carboxylic acids is 3. The molecule has 0 saturated heterocycles. The van der Waals surface area contributed by atoms with Crippen LogP contribution in [0, 0.1) is 29.1 Å². The van der Waals surface area contributed by atoms with E-state index in [9.17, 15) is 34.5 Å². The zero-order valence-corrected chi connectivity index (χ0v) is 39.0. The monoisotopic (exact) mass is 823 g/mol. The summed E-state index contributed by atoms with van der Waals surface area (Å²) in [6, 6.07) is 0. The van der Waals surface area contributed by atoms with Gasteiger partial charge in [-0.05, 0) is 43.9 Å². The van der Waals surface area contributed by atoms with Crippen LogP contribution in [-0.2, 0) is 23.9 Å². The van der Waals surface area contributed by atoms with E-state index in [0.29, 0.717) is 32.1 Å². The Morgan fingerprint density at radius 1 is 0.414 bits per heavy atom. The van der Waals surface area contributed by atoms with Gasteiger partial charge in [-0.25, -0.2) is 4.79 Å². The summed E-state index contributed by atoms with van der Waals surface area (Å²) in [5.41, 5.74) is -4.80. The van der Waals surface area contributed by atoms with Gasteiger partial charge in [-0.2, -0.15) is 0 Å². The van der Waals surface area contributed by atoms with Crippen LogP contribution in [0.4, 0.5) is 0 Å². The van der Waals surface area contributed by atoms with Crippen molar-refractivity contribution in [1.82, 2.24) is 0 Å².